The molecule has 3 nitrogen and oxygen atoms in total. The van der Waals surface area contributed by atoms with Crippen molar-refractivity contribution in [2.24, 2.45) is 0 Å². The van der Waals surface area contributed by atoms with Crippen LogP contribution in [0.25, 0.3) is 88.0 Å². The van der Waals surface area contributed by atoms with E-state index in [1.807, 2.05) is 24.3 Å². The van der Waals surface area contributed by atoms with Crippen LogP contribution in [0.2, 0.25) is 0 Å². The van der Waals surface area contributed by atoms with Crippen LogP contribution in [0.3, 0.4) is 0 Å². The first-order valence-electron chi connectivity index (χ1n) is 18.7. The Morgan fingerprint density at radius 1 is 0.291 bits per heavy atom. The normalized spacial score (nSPS) is 11.6. The molecule has 0 atom stereocenters. The molecule has 0 aliphatic carbocycles. The van der Waals surface area contributed by atoms with Gasteiger partial charge < -0.3 is 13.7 Å². The molecule has 0 unspecified atom stereocenters. The van der Waals surface area contributed by atoms with E-state index in [-0.39, 0.29) is 0 Å². The average Bonchev–Trinajstić information content (AvgIpc) is 3.82. The maximum atomic E-state index is 6.35. The average molecular weight is 704 g/mol. The van der Waals surface area contributed by atoms with Crippen molar-refractivity contribution >= 4 is 71.7 Å². The van der Waals surface area contributed by atoms with Gasteiger partial charge in [-0.05, 0) is 99.3 Å². The summed E-state index contributed by atoms with van der Waals surface area (Å²) in [7, 11) is 0. The largest absolute Gasteiger partial charge is 0.456 e. The molecule has 0 fully saturated rings. The fourth-order valence-electron chi connectivity index (χ4n) is 8.21. The molecule has 0 aliphatic heterocycles. The van der Waals surface area contributed by atoms with E-state index < -0.39 is 0 Å². The Morgan fingerprint density at radius 3 is 1.62 bits per heavy atom. The van der Waals surface area contributed by atoms with Gasteiger partial charge in [0.05, 0.1) is 5.69 Å². The molecule has 0 radical (unpaired) electrons. The minimum Gasteiger partial charge on any atom is -0.456 e. The molecule has 0 saturated carbocycles. The second-order valence-corrected chi connectivity index (χ2v) is 14.1. The van der Waals surface area contributed by atoms with E-state index in [2.05, 4.69) is 181 Å². The van der Waals surface area contributed by atoms with Crippen LogP contribution in [-0.2, 0) is 0 Å². The number of para-hydroxylation sites is 3. The van der Waals surface area contributed by atoms with E-state index in [0.717, 1.165) is 77.6 Å². The molecular formula is C52H33NO2. The highest BCUT2D eigenvalue weighted by Gasteiger charge is 2.20. The minimum absolute atomic E-state index is 0.871. The quantitative estimate of drug-likeness (QED) is 0.173. The molecule has 9 aromatic carbocycles. The Balaban J connectivity index is 1.02. The van der Waals surface area contributed by atoms with Gasteiger partial charge in [-0.1, -0.05) is 140 Å². The molecule has 11 aromatic rings. The molecule has 2 aromatic heterocycles. The van der Waals surface area contributed by atoms with E-state index >= 15 is 0 Å². The third-order valence-corrected chi connectivity index (χ3v) is 10.9. The van der Waals surface area contributed by atoms with Gasteiger partial charge >= 0.3 is 0 Å². The van der Waals surface area contributed by atoms with Crippen LogP contribution in [0.4, 0.5) is 17.1 Å². The van der Waals surface area contributed by atoms with E-state index in [4.69, 9.17) is 8.83 Å². The van der Waals surface area contributed by atoms with Crippen LogP contribution in [-0.4, -0.2) is 0 Å². The summed E-state index contributed by atoms with van der Waals surface area (Å²) in [6.07, 6.45) is 0. The number of benzene rings is 9. The minimum atomic E-state index is 0.871. The number of fused-ring (bicyclic) bond motifs is 7. The lowest BCUT2D eigenvalue weighted by molar-refractivity contribution is 0.668. The molecule has 55 heavy (non-hydrogen) atoms. The molecule has 0 N–H and O–H groups in total. The van der Waals surface area contributed by atoms with Gasteiger partial charge in [0.25, 0.3) is 0 Å². The highest BCUT2D eigenvalue weighted by atomic mass is 16.3. The van der Waals surface area contributed by atoms with Crippen molar-refractivity contribution in [3.8, 4) is 33.4 Å². The Kier molecular flexibility index (Phi) is 7.17. The summed E-state index contributed by atoms with van der Waals surface area (Å²) < 4.78 is 12.6. The lowest BCUT2D eigenvalue weighted by atomic mass is 9.96. The van der Waals surface area contributed by atoms with Gasteiger partial charge in [0.2, 0.25) is 0 Å². The van der Waals surface area contributed by atoms with Crippen LogP contribution >= 0.6 is 0 Å². The first-order chi connectivity index (χ1) is 27.2. The summed E-state index contributed by atoms with van der Waals surface area (Å²) in [5, 5.41) is 6.95. The Hall–Kier alpha value is -7.36. The zero-order chi connectivity index (χ0) is 36.3. The number of rotatable bonds is 6. The van der Waals surface area contributed by atoms with Gasteiger partial charge in [-0.2, -0.15) is 0 Å². The molecule has 0 aliphatic rings. The summed E-state index contributed by atoms with van der Waals surface area (Å²) in [4.78, 5) is 2.35. The molecule has 2 heterocycles. The number of furan rings is 2. The summed E-state index contributed by atoms with van der Waals surface area (Å²) >= 11 is 0. The third kappa shape index (κ3) is 5.28. The molecule has 3 heteroatoms. The number of hydrogen-bond donors (Lipinski definition) is 0. The Labute approximate surface area is 317 Å². The maximum absolute atomic E-state index is 6.35. The summed E-state index contributed by atoms with van der Waals surface area (Å²) in [5.74, 6) is 0. The molecule has 0 amide bonds. The summed E-state index contributed by atoms with van der Waals surface area (Å²) in [6.45, 7) is 0. The van der Waals surface area contributed by atoms with E-state index in [9.17, 15) is 0 Å². The topological polar surface area (TPSA) is 29.5 Å². The lowest BCUT2D eigenvalue weighted by Crippen LogP contribution is -2.11. The van der Waals surface area contributed by atoms with Crippen LogP contribution in [0.5, 0.6) is 0 Å². The smallest absolute Gasteiger partial charge is 0.136 e. The molecule has 11 rings (SSSR count). The second kappa shape index (κ2) is 12.6. The van der Waals surface area contributed by atoms with Crippen LogP contribution < -0.4 is 4.90 Å². The van der Waals surface area contributed by atoms with Gasteiger partial charge in [0.1, 0.15) is 22.3 Å². The number of hydrogen-bond acceptors (Lipinski definition) is 3. The summed E-state index contributed by atoms with van der Waals surface area (Å²) in [6, 6.07) is 71.1. The van der Waals surface area contributed by atoms with Crippen molar-refractivity contribution in [1.82, 2.24) is 0 Å². The first kappa shape index (κ1) is 31.2. The van der Waals surface area contributed by atoms with E-state index in [0.29, 0.717) is 0 Å². The monoisotopic (exact) mass is 703 g/mol. The fraction of sp³-hybridized carbons (Fsp3) is 0. The van der Waals surface area contributed by atoms with Crippen LogP contribution in [0.1, 0.15) is 0 Å². The zero-order valence-corrected chi connectivity index (χ0v) is 29.8. The summed E-state index contributed by atoms with van der Waals surface area (Å²) in [5.41, 5.74) is 13.7. The molecule has 0 saturated heterocycles. The van der Waals surface area contributed by atoms with E-state index in [1.54, 1.807) is 0 Å². The highest BCUT2D eigenvalue weighted by Crippen LogP contribution is 2.44. The van der Waals surface area contributed by atoms with Gasteiger partial charge in [-0.25, -0.2) is 0 Å². The van der Waals surface area contributed by atoms with Crippen LogP contribution in [0.15, 0.2) is 209 Å². The number of anilines is 3. The Morgan fingerprint density at radius 2 is 0.818 bits per heavy atom. The van der Waals surface area contributed by atoms with Crippen molar-refractivity contribution in [3.05, 3.63) is 200 Å². The molecule has 0 bridgehead atoms. The fourth-order valence-corrected chi connectivity index (χ4v) is 8.21. The molecule has 258 valence electrons. The predicted octanol–water partition coefficient (Wildman–Crippen LogP) is 15.1. The second-order valence-electron chi connectivity index (χ2n) is 14.1. The van der Waals surface area contributed by atoms with Gasteiger partial charge in [-0.3, -0.25) is 0 Å². The van der Waals surface area contributed by atoms with Crippen molar-refractivity contribution in [2.45, 2.75) is 0 Å². The zero-order valence-electron chi connectivity index (χ0n) is 29.8. The molecule has 0 spiro atoms. The highest BCUT2D eigenvalue weighted by molar-refractivity contribution is 6.08. The maximum Gasteiger partial charge on any atom is 0.136 e. The Bertz CT molecular complexity index is 3200. The van der Waals surface area contributed by atoms with Gasteiger partial charge in [-0.15, -0.1) is 0 Å². The van der Waals surface area contributed by atoms with Crippen molar-refractivity contribution in [3.63, 3.8) is 0 Å². The van der Waals surface area contributed by atoms with Crippen molar-refractivity contribution in [2.75, 3.05) is 4.90 Å². The van der Waals surface area contributed by atoms with Gasteiger partial charge in [0.15, 0.2) is 0 Å². The SMILES string of the molecule is c1ccc(N(c2ccc(-c3ccc(-c4cccc5ccccc45)cc3)cc2)c2ccc3oc4ccccc4c3c2)c(-c2ccc3c(c2)oc2ccccc23)c1. The standard InChI is InChI=1S/C52H33NO2/c1-2-12-41-36(10-1)11-9-16-42(41)37-22-20-34(21-23-37)35-24-27-39(28-25-35)53(40-29-31-51-47(33-40)45-15-5-8-19-50(45)54-51)48-17-6-3-13-43(48)38-26-30-46-44-14-4-7-18-49(44)55-52(46)32-38/h1-33H. The van der Waals surface area contributed by atoms with Crippen LogP contribution in [0, 0.1) is 0 Å². The lowest BCUT2D eigenvalue weighted by Gasteiger charge is -2.28. The third-order valence-electron chi connectivity index (χ3n) is 10.9. The first-order valence-corrected chi connectivity index (χ1v) is 18.7. The molecular weight excluding hydrogens is 671 g/mol. The van der Waals surface area contributed by atoms with Gasteiger partial charge in [0, 0.05) is 38.5 Å². The van der Waals surface area contributed by atoms with Crippen molar-refractivity contribution in [1.29, 1.82) is 0 Å². The predicted molar refractivity (Wildman–Crippen MR) is 229 cm³/mol. The van der Waals surface area contributed by atoms with Crippen molar-refractivity contribution < 1.29 is 8.83 Å². The van der Waals surface area contributed by atoms with E-state index in [1.165, 1.54) is 27.5 Å². The number of nitrogens with zero attached hydrogens (tertiary/aromatic N) is 1.